The molecular weight excluding hydrogens is 426 g/mol. The lowest BCUT2D eigenvalue weighted by molar-refractivity contribution is -0.148. The molecule has 2 saturated carbocycles. The number of hydrogen-bond acceptors (Lipinski definition) is 5. The molecule has 0 saturated heterocycles. The van der Waals surface area contributed by atoms with Crippen LogP contribution in [0.15, 0.2) is 47.8 Å². The second kappa shape index (κ2) is 8.06. The topological polar surface area (TPSA) is 92.7 Å². The minimum Gasteiger partial charge on any atom is -0.481 e. The fourth-order valence-electron chi connectivity index (χ4n) is 5.54. The zero-order valence-electron chi connectivity index (χ0n) is 17.5. The van der Waals surface area contributed by atoms with Gasteiger partial charge in [0.25, 0.3) is 0 Å². The number of fused-ring (bicyclic) bond motifs is 3. The first-order valence-corrected chi connectivity index (χ1v) is 11.6. The van der Waals surface area contributed by atoms with Gasteiger partial charge < -0.3 is 15.2 Å². The lowest BCUT2D eigenvalue weighted by Gasteiger charge is -2.26. The van der Waals surface area contributed by atoms with Gasteiger partial charge in [-0.25, -0.2) is 4.79 Å². The van der Waals surface area contributed by atoms with Gasteiger partial charge in [0.05, 0.1) is 18.9 Å². The van der Waals surface area contributed by atoms with E-state index in [2.05, 4.69) is 5.32 Å². The lowest BCUT2D eigenvalue weighted by atomic mass is 9.78. The maximum Gasteiger partial charge on any atom is 0.341 e. The van der Waals surface area contributed by atoms with Gasteiger partial charge in [0.1, 0.15) is 10.6 Å². The van der Waals surface area contributed by atoms with Crippen molar-refractivity contribution in [2.24, 2.45) is 23.7 Å². The SMILES string of the molecule is COC(=O)c1c(-c2ccc3ccccc3c2)csc1NC(=O)[C@@H]1[C@H]2CC[C@@H](C2)[C@@H]1C(=O)O. The van der Waals surface area contributed by atoms with Gasteiger partial charge in [-0.1, -0.05) is 36.4 Å². The van der Waals surface area contributed by atoms with Crippen LogP contribution in [0.3, 0.4) is 0 Å². The third-order valence-electron chi connectivity index (χ3n) is 6.98. The van der Waals surface area contributed by atoms with Crippen molar-refractivity contribution in [3.05, 3.63) is 53.4 Å². The van der Waals surface area contributed by atoms with E-state index in [1.165, 1.54) is 18.4 Å². The van der Waals surface area contributed by atoms with Crippen molar-refractivity contribution in [3.8, 4) is 11.1 Å². The molecule has 0 radical (unpaired) electrons. The van der Waals surface area contributed by atoms with Crippen molar-refractivity contribution in [2.45, 2.75) is 19.3 Å². The molecule has 2 aliphatic carbocycles. The molecule has 32 heavy (non-hydrogen) atoms. The van der Waals surface area contributed by atoms with Crippen molar-refractivity contribution >= 4 is 45.0 Å². The number of carbonyl (C=O) groups excluding carboxylic acids is 2. The Kier molecular flexibility index (Phi) is 5.21. The summed E-state index contributed by atoms with van der Waals surface area (Å²) in [6.45, 7) is 0. The summed E-state index contributed by atoms with van der Waals surface area (Å²) in [7, 11) is 1.31. The normalized spacial score (nSPS) is 23.9. The van der Waals surface area contributed by atoms with Crippen LogP contribution >= 0.6 is 11.3 Å². The fraction of sp³-hybridized carbons (Fsp3) is 0.320. The van der Waals surface area contributed by atoms with E-state index in [1.807, 2.05) is 47.8 Å². The number of ether oxygens (including phenoxy) is 1. The Morgan fingerprint density at radius 1 is 1.03 bits per heavy atom. The molecule has 2 fully saturated rings. The van der Waals surface area contributed by atoms with Gasteiger partial charge in [0.2, 0.25) is 5.91 Å². The number of benzene rings is 2. The highest BCUT2D eigenvalue weighted by atomic mass is 32.1. The first-order chi connectivity index (χ1) is 15.5. The molecule has 2 N–H and O–H groups in total. The Morgan fingerprint density at radius 2 is 1.75 bits per heavy atom. The second-order valence-electron chi connectivity index (χ2n) is 8.62. The van der Waals surface area contributed by atoms with Crippen LogP contribution in [0.25, 0.3) is 21.9 Å². The van der Waals surface area contributed by atoms with Crippen molar-refractivity contribution in [1.29, 1.82) is 0 Å². The predicted molar refractivity (Wildman–Crippen MR) is 123 cm³/mol. The number of esters is 1. The second-order valence-corrected chi connectivity index (χ2v) is 9.50. The first kappa shape index (κ1) is 20.7. The van der Waals surface area contributed by atoms with Crippen LogP contribution in [-0.2, 0) is 14.3 Å². The highest BCUT2D eigenvalue weighted by Gasteiger charge is 2.54. The molecule has 5 rings (SSSR count). The summed E-state index contributed by atoms with van der Waals surface area (Å²) >= 11 is 1.26. The van der Waals surface area contributed by atoms with Crippen LogP contribution in [0.2, 0.25) is 0 Å². The van der Waals surface area contributed by atoms with E-state index in [0.29, 0.717) is 16.1 Å². The monoisotopic (exact) mass is 449 g/mol. The number of carboxylic acid groups (broad SMARTS) is 1. The average Bonchev–Trinajstić information content (AvgIpc) is 3.52. The van der Waals surface area contributed by atoms with E-state index >= 15 is 0 Å². The average molecular weight is 450 g/mol. The van der Waals surface area contributed by atoms with E-state index in [-0.39, 0.29) is 17.7 Å². The molecule has 7 heteroatoms. The minimum atomic E-state index is -0.909. The predicted octanol–water partition coefficient (Wildman–Crippen LogP) is 5.04. The Hall–Kier alpha value is -3.19. The minimum absolute atomic E-state index is 0.0600. The van der Waals surface area contributed by atoms with Gasteiger partial charge in [-0.05, 0) is 53.5 Å². The Bertz CT molecular complexity index is 1230. The highest BCUT2D eigenvalue weighted by molar-refractivity contribution is 7.15. The maximum absolute atomic E-state index is 13.2. The van der Waals surface area contributed by atoms with Crippen LogP contribution < -0.4 is 5.32 Å². The molecular formula is C25H23NO5S. The third-order valence-corrected chi connectivity index (χ3v) is 7.88. The molecule has 0 spiro atoms. The maximum atomic E-state index is 13.2. The molecule has 0 unspecified atom stereocenters. The van der Waals surface area contributed by atoms with Crippen molar-refractivity contribution in [3.63, 3.8) is 0 Å². The number of rotatable bonds is 5. The van der Waals surface area contributed by atoms with Crippen LogP contribution in [0, 0.1) is 23.7 Å². The molecule has 4 atom stereocenters. The number of nitrogens with one attached hydrogen (secondary N) is 1. The summed E-state index contributed by atoms with van der Waals surface area (Å²) in [5.41, 5.74) is 1.84. The molecule has 2 aromatic carbocycles. The van der Waals surface area contributed by atoms with E-state index in [4.69, 9.17) is 4.74 Å². The summed E-state index contributed by atoms with van der Waals surface area (Å²) in [4.78, 5) is 37.7. The quantitative estimate of drug-likeness (QED) is 0.533. The van der Waals surface area contributed by atoms with Crippen LogP contribution in [0.4, 0.5) is 5.00 Å². The molecule has 3 aromatic rings. The molecule has 6 nitrogen and oxygen atoms in total. The van der Waals surface area contributed by atoms with E-state index < -0.39 is 23.8 Å². The largest absolute Gasteiger partial charge is 0.481 e. The summed E-state index contributed by atoms with van der Waals surface area (Å²) in [5.74, 6) is -2.84. The van der Waals surface area contributed by atoms with Crippen molar-refractivity contribution in [1.82, 2.24) is 0 Å². The van der Waals surface area contributed by atoms with Crippen molar-refractivity contribution in [2.75, 3.05) is 12.4 Å². The Balaban J connectivity index is 1.49. The van der Waals surface area contributed by atoms with Gasteiger partial charge in [-0.15, -0.1) is 11.3 Å². The zero-order valence-corrected chi connectivity index (χ0v) is 18.4. The Labute approximate surface area is 189 Å². The molecule has 1 amide bonds. The lowest BCUT2D eigenvalue weighted by Crippen LogP contribution is -2.37. The molecule has 0 aliphatic heterocycles. The molecule has 1 aromatic heterocycles. The fourth-order valence-corrected chi connectivity index (χ4v) is 6.50. The summed E-state index contributed by atoms with van der Waals surface area (Å²) in [6.07, 6.45) is 2.53. The number of thiophene rings is 1. The molecule has 2 bridgehead atoms. The van der Waals surface area contributed by atoms with Crippen LogP contribution in [0.1, 0.15) is 29.6 Å². The van der Waals surface area contributed by atoms with E-state index in [9.17, 15) is 19.5 Å². The molecule has 164 valence electrons. The number of carbonyl (C=O) groups is 3. The highest BCUT2D eigenvalue weighted by Crippen LogP contribution is 2.53. The van der Waals surface area contributed by atoms with Gasteiger partial charge in [0, 0.05) is 10.9 Å². The van der Waals surface area contributed by atoms with Gasteiger partial charge >= 0.3 is 11.9 Å². The number of hydrogen-bond donors (Lipinski definition) is 2. The summed E-state index contributed by atoms with van der Waals surface area (Å²) in [5, 5.41) is 16.9. The van der Waals surface area contributed by atoms with Gasteiger partial charge in [-0.3, -0.25) is 9.59 Å². The smallest absolute Gasteiger partial charge is 0.341 e. The number of anilines is 1. The Morgan fingerprint density at radius 3 is 2.47 bits per heavy atom. The van der Waals surface area contributed by atoms with Gasteiger partial charge in [-0.2, -0.15) is 0 Å². The number of aliphatic carboxylic acids is 1. The van der Waals surface area contributed by atoms with Crippen LogP contribution in [-0.4, -0.2) is 30.1 Å². The number of amides is 1. The molecule has 1 heterocycles. The number of methoxy groups -OCH3 is 1. The standard InChI is InChI=1S/C25H23NO5S/c1-31-25(30)21-18(15-7-6-13-4-2-3-5-14(13)10-15)12-32-23(21)26-22(27)19-16-8-9-17(11-16)20(19)24(28)29/h2-7,10,12,16-17,19-20H,8-9,11H2,1H3,(H,26,27)(H,28,29)/t16-,17-,19+,20-/m0/s1. The molecule has 2 aliphatic rings. The van der Waals surface area contributed by atoms with Crippen molar-refractivity contribution < 1.29 is 24.2 Å². The van der Waals surface area contributed by atoms with E-state index in [1.54, 1.807) is 0 Å². The van der Waals surface area contributed by atoms with Gasteiger partial charge in [0.15, 0.2) is 0 Å². The van der Waals surface area contributed by atoms with E-state index in [0.717, 1.165) is 35.6 Å². The first-order valence-electron chi connectivity index (χ1n) is 10.7. The zero-order chi connectivity index (χ0) is 22.4. The van der Waals surface area contributed by atoms with Crippen LogP contribution in [0.5, 0.6) is 0 Å². The summed E-state index contributed by atoms with van der Waals surface area (Å²) < 4.78 is 5.02. The third kappa shape index (κ3) is 3.37. The summed E-state index contributed by atoms with van der Waals surface area (Å²) in [6, 6.07) is 13.9. The number of carboxylic acids is 1.